The topological polar surface area (TPSA) is 64.1 Å². The van der Waals surface area contributed by atoms with E-state index >= 15 is 0 Å². The maximum absolute atomic E-state index is 11.7. The average molecular weight is 195 g/mol. The van der Waals surface area contributed by atoms with Crippen molar-refractivity contribution in [1.29, 1.82) is 0 Å². The van der Waals surface area contributed by atoms with Gasteiger partial charge in [0.2, 0.25) is 11.7 Å². The average Bonchev–Trinajstić information content (AvgIpc) is 2.26. The Hall–Kier alpha value is -1.49. The van der Waals surface area contributed by atoms with E-state index < -0.39 is 0 Å². The molecule has 1 atom stereocenters. The molecule has 0 saturated heterocycles. The summed E-state index contributed by atoms with van der Waals surface area (Å²) in [5, 5.41) is 2.84. The number of nitrogens with one attached hydrogen (secondary N) is 1. The largest absolute Gasteiger partial charge is 0.479 e. The fraction of sp³-hybridized carbons (Fsp3) is 0.444. The number of nitrogens with zero attached hydrogens (tertiary/aromatic N) is 2. The van der Waals surface area contributed by atoms with Crippen LogP contribution in [0.1, 0.15) is 17.4 Å². The van der Waals surface area contributed by atoms with Crippen LogP contribution in [0.5, 0.6) is 5.88 Å². The van der Waals surface area contributed by atoms with Crippen LogP contribution in [0.15, 0.2) is 12.4 Å². The Balaban J connectivity index is 3.00. The first-order valence-corrected chi connectivity index (χ1v) is 4.27. The van der Waals surface area contributed by atoms with Gasteiger partial charge in [0.25, 0.3) is 0 Å². The Morgan fingerprint density at radius 2 is 2.14 bits per heavy atom. The molecule has 0 aromatic carbocycles. The van der Waals surface area contributed by atoms with Gasteiger partial charge >= 0.3 is 0 Å². The van der Waals surface area contributed by atoms with Gasteiger partial charge in [0.05, 0.1) is 13.2 Å². The summed E-state index contributed by atoms with van der Waals surface area (Å²) in [7, 11) is 3.18. The van der Waals surface area contributed by atoms with E-state index in [2.05, 4.69) is 15.3 Å². The normalized spacial score (nSPS) is 12.2. The van der Waals surface area contributed by atoms with Gasteiger partial charge in [0, 0.05) is 12.4 Å². The summed E-state index contributed by atoms with van der Waals surface area (Å²) in [6.45, 7) is 1.76. The maximum Gasteiger partial charge on any atom is 0.243 e. The Bertz CT molecular complexity index is 328. The highest BCUT2D eigenvalue weighted by Gasteiger charge is 2.19. The van der Waals surface area contributed by atoms with Gasteiger partial charge in [-0.2, -0.15) is 0 Å². The van der Waals surface area contributed by atoms with E-state index in [-0.39, 0.29) is 23.4 Å². The number of hydrogen-bond donors (Lipinski definition) is 1. The van der Waals surface area contributed by atoms with Gasteiger partial charge in [-0.15, -0.1) is 0 Å². The van der Waals surface area contributed by atoms with E-state index in [0.717, 1.165) is 0 Å². The molecule has 1 aromatic rings. The highest BCUT2D eigenvalue weighted by molar-refractivity contribution is 5.99. The van der Waals surface area contributed by atoms with Crippen LogP contribution in [0.25, 0.3) is 0 Å². The van der Waals surface area contributed by atoms with Crippen molar-refractivity contribution in [1.82, 2.24) is 15.3 Å². The number of carbonyl (C=O) groups excluding carboxylic acids is 1. The first-order chi connectivity index (χ1) is 6.70. The number of ether oxygens (including phenoxy) is 1. The molecule has 1 rings (SSSR count). The lowest BCUT2D eigenvalue weighted by Crippen LogP contribution is -2.31. The Kier molecular flexibility index (Phi) is 3.53. The first-order valence-electron chi connectivity index (χ1n) is 4.27. The highest BCUT2D eigenvalue weighted by atomic mass is 16.5. The van der Waals surface area contributed by atoms with E-state index in [4.69, 9.17) is 4.74 Å². The third-order valence-corrected chi connectivity index (χ3v) is 1.92. The molecule has 76 valence electrons. The quantitative estimate of drug-likeness (QED) is 0.699. The SMILES string of the molecule is CNC(C)C(=O)c1nccnc1OC. The number of methoxy groups -OCH3 is 1. The van der Waals surface area contributed by atoms with Crippen molar-refractivity contribution < 1.29 is 9.53 Å². The number of rotatable bonds is 4. The van der Waals surface area contributed by atoms with Gasteiger partial charge in [0.1, 0.15) is 0 Å². The summed E-state index contributed by atoms with van der Waals surface area (Å²) >= 11 is 0. The second-order valence-electron chi connectivity index (χ2n) is 2.79. The van der Waals surface area contributed by atoms with Crippen LogP contribution < -0.4 is 10.1 Å². The third-order valence-electron chi connectivity index (χ3n) is 1.92. The molecule has 0 aliphatic rings. The lowest BCUT2D eigenvalue weighted by molar-refractivity contribution is 0.0946. The second kappa shape index (κ2) is 4.66. The minimum atomic E-state index is -0.291. The molecule has 0 aliphatic heterocycles. The van der Waals surface area contributed by atoms with E-state index in [1.165, 1.54) is 19.5 Å². The van der Waals surface area contributed by atoms with Crippen molar-refractivity contribution in [2.45, 2.75) is 13.0 Å². The van der Waals surface area contributed by atoms with Gasteiger partial charge < -0.3 is 10.1 Å². The zero-order chi connectivity index (χ0) is 10.6. The molecule has 1 heterocycles. The van der Waals surface area contributed by atoms with Crippen LogP contribution in [0.3, 0.4) is 0 Å². The molecule has 0 amide bonds. The van der Waals surface area contributed by atoms with E-state index in [0.29, 0.717) is 0 Å². The first kappa shape index (κ1) is 10.6. The molecule has 1 aromatic heterocycles. The minimum Gasteiger partial charge on any atom is -0.479 e. The zero-order valence-electron chi connectivity index (χ0n) is 8.44. The molecule has 1 N–H and O–H groups in total. The molecular formula is C9H13N3O2. The number of ketones is 1. The van der Waals surface area contributed by atoms with Crippen LogP contribution in [0, 0.1) is 0 Å². The smallest absolute Gasteiger partial charge is 0.243 e. The molecule has 0 saturated carbocycles. The summed E-state index contributed by atoms with van der Waals surface area (Å²) in [6, 6.07) is -0.291. The molecule has 0 fully saturated rings. The van der Waals surface area contributed by atoms with Crippen LogP contribution >= 0.6 is 0 Å². The predicted octanol–water partition coefficient (Wildman–Crippen LogP) is 0.276. The van der Waals surface area contributed by atoms with E-state index in [9.17, 15) is 4.79 Å². The van der Waals surface area contributed by atoms with Crippen molar-refractivity contribution in [3.05, 3.63) is 18.1 Å². The zero-order valence-corrected chi connectivity index (χ0v) is 8.44. The summed E-state index contributed by atoms with van der Waals surface area (Å²) in [4.78, 5) is 19.6. The van der Waals surface area contributed by atoms with E-state index in [1.54, 1.807) is 14.0 Å². The van der Waals surface area contributed by atoms with Gasteiger partial charge in [0.15, 0.2) is 5.69 Å². The van der Waals surface area contributed by atoms with Crippen molar-refractivity contribution in [3.8, 4) is 5.88 Å². The number of carbonyl (C=O) groups is 1. The minimum absolute atomic E-state index is 0.127. The van der Waals surface area contributed by atoms with Gasteiger partial charge in [-0.3, -0.25) is 4.79 Å². The van der Waals surface area contributed by atoms with Crippen molar-refractivity contribution in [2.75, 3.05) is 14.2 Å². The third kappa shape index (κ3) is 2.05. The van der Waals surface area contributed by atoms with Crippen molar-refractivity contribution in [3.63, 3.8) is 0 Å². The van der Waals surface area contributed by atoms with Crippen LogP contribution in [-0.4, -0.2) is 36.0 Å². The molecule has 14 heavy (non-hydrogen) atoms. The monoisotopic (exact) mass is 195 g/mol. The Morgan fingerprint density at radius 1 is 1.50 bits per heavy atom. The number of Topliss-reactive ketones (excluding diaryl/α,β-unsaturated/α-hetero) is 1. The fourth-order valence-corrected chi connectivity index (χ4v) is 0.980. The maximum atomic E-state index is 11.7. The molecule has 0 bridgehead atoms. The molecular weight excluding hydrogens is 182 g/mol. The standard InChI is InChI=1S/C9H13N3O2/c1-6(10-2)8(13)7-9(14-3)12-5-4-11-7/h4-6,10H,1-3H3. The van der Waals surface area contributed by atoms with Crippen LogP contribution in [0.2, 0.25) is 0 Å². The van der Waals surface area contributed by atoms with Gasteiger partial charge in [-0.05, 0) is 14.0 Å². The fourth-order valence-electron chi connectivity index (χ4n) is 0.980. The summed E-state index contributed by atoms with van der Waals surface area (Å²) in [5.41, 5.74) is 0.261. The summed E-state index contributed by atoms with van der Waals surface area (Å²) in [6.07, 6.45) is 2.96. The lowest BCUT2D eigenvalue weighted by Gasteiger charge is -2.09. The molecule has 0 aliphatic carbocycles. The predicted molar refractivity (Wildman–Crippen MR) is 51.4 cm³/mol. The molecule has 5 nitrogen and oxygen atoms in total. The molecule has 0 spiro atoms. The number of likely N-dealkylation sites (N-methyl/N-ethyl adjacent to an activating group) is 1. The van der Waals surface area contributed by atoms with Crippen LogP contribution in [0.4, 0.5) is 0 Å². The second-order valence-corrected chi connectivity index (χ2v) is 2.79. The Morgan fingerprint density at radius 3 is 2.71 bits per heavy atom. The van der Waals surface area contributed by atoms with Crippen LogP contribution in [-0.2, 0) is 0 Å². The molecule has 1 unspecified atom stereocenters. The Labute approximate surface area is 82.5 Å². The molecule has 0 radical (unpaired) electrons. The number of aromatic nitrogens is 2. The van der Waals surface area contributed by atoms with Gasteiger partial charge in [-0.25, -0.2) is 9.97 Å². The number of hydrogen-bond acceptors (Lipinski definition) is 5. The van der Waals surface area contributed by atoms with E-state index in [1.807, 2.05) is 0 Å². The van der Waals surface area contributed by atoms with Crippen molar-refractivity contribution >= 4 is 5.78 Å². The van der Waals surface area contributed by atoms with Crippen molar-refractivity contribution in [2.24, 2.45) is 0 Å². The lowest BCUT2D eigenvalue weighted by atomic mass is 10.1. The highest BCUT2D eigenvalue weighted by Crippen LogP contribution is 2.12. The summed E-state index contributed by atoms with van der Waals surface area (Å²) < 4.78 is 4.94. The summed E-state index contributed by atoms with van der Waals surface area (Å²) in [5.74, 6) is 0.136. The molecule has 5 heteroatoms. The van der Waals surface area contributed by atoms with Gasteiger partial charge in [-0.1, -0.05) is 0 Å².